The zero-order chi connectivity index (χ0) is 23.6. The lowest BCUT2D eigenvalue weighted by atomic mass is 9.94. The molecule has 7 heteroatoms. The van der Waals surface area contributed by atoms with Crippen LogP contribution in [0, 0.1) is 0 Å². The highest BCUT2D eigenvalue weighted by Crippen LogP contribution is 2.30. The second-order valence-electron chi connectivity index (χ2n) is 8.22. The third-order valence-electron chi connectivity index (χ3n) is 5.87. The predicted molar refractivity (Wildman–Crippen MR) is 133 cm³/mol. The number of anilines is 1. The molecule has 1 fully saturated rings. The standard InChI is InChI=1S/C26H35N5O2/c1-5-20(4)10-12-23(6-2)31-25(28-19-32)15-24(29-31)22-9-8-14-30(18-22)17-21-11-13-26(27-16-21)33-7-3/h5-6,10-13,15-16,19,22H,7-9,14,17-18H2,1-4H3,(H,28,32)/b12-10-,20-5-,23-6+. The summed E-state index contributed by atoms with van der Waals surface area (Å²) in [6.45, 7) is 11.4. The van der Waals surface area contributed by atoms with Crippen LogP contribution in [0.4, 0.5) is 5.82 Å². The number of hydrogen-bond donors (Lipinski definition) is 1. The van der Waals surface area contributed by atoms with Gasteiger partial charge in [-0.15, -0.1) is 0 Å². The zero-order valence-electron chi connectivity index (χ0n) is 20.1. The fraction of sp³-hybridized carbons (Fsp3) is 0.423. The van der Waals surface area contributed by atoms with Crippen LogP contribution in [0.2, 0.25) is 0 Å². The third kappa shape index (κ3) is 6.65. The Morgan fingerprint density at radius 1 is 1.27 bits per heavy atom. The molecule has 1 aliphatic rings. The van der Waals surface area contributed by atoms with E-state index in [4.69, 9.17) is 9.84 Å². The fourth-order valence-corrected chi connectivity index (χ4v) is 4.00. The van der Waals surface area contributed by atoms with Crippen molar-refractivity contribution in [2.45, 2.75) is 53.0 Å². The molecule has 1 N–H and O–H groups in total. The Kier molecular flexibility index (Phi) is 9.01. The summed E-state index contributed by atoms with van der Waals surface area (Å²) in [5.41, 5.74) is 4.26. The van der Waals surface area contributed by atoms with Crippen LogP contribution in [0.5, 0.6) is 5.88 Å². The summed E-state index contributed by atoms with van der Waals surface area (Å²) in [4.78, 5) is 18.1. The summed E-state index contributed by atoms with van der Waals surface area (Å²) in [5.74, 6) is 1.66. The van der Waals surface area contributed by atoms with Crippen molar-refractivity contribution in [1.29, 1.82) is 0 Å². The number of ether oxygens (including phenoxy) is 1. The van der Waals surface area contributed by atoms with Crippen molar-refractivity contribution in [2.75, 3.05) is 25.0 Å². The first-order valence-electron chi connectivity index (χ1n) is 11.7. The largest absolute Gasteiger partial charge is 0.478 e. The van der Waals surface area contributed by atoms with Crippen LogP contribution in [-0.2, 0) is 11.3 Å². The molecular weight excluding hydrogens is 414 g/mol. The Morgan fingerprint density at radius 3 is 2.79 bits per heavy atom. The Bertz CT molecular complexity index is 1000. The summed E-state index contributed by atoms with van der Waals surface area (Å²) in [6, 6.07) is 6.02. The molecule has 1 atom stereocenters. The highest BCUT2D eigenvalue weighted by molar-refractivity contribution is 5.73. The minimum atomic E-state index is 0.308. The molecule has 0 aliphatic carbocycles. The topological polar surface area (TPSA) is 72.3 Å². The number of nitrogens with one attached hydrogen (secondary N) is 1. The fourth-order valence-electron chi connectivity index (χ4n) is 4.00. The monoisotopic (exact) mass is 449 g/mol. The Hall–Kier alpha value is -3.19. The van der Waals surface area contributed by atoms with E-state index in [0.29, 0.717) is 30.6 Å². The number of rotatable bonds is 10. The van der Waals surface area contributed by atoms with Gasteiger partial charge in [0, 0.05) is 37.3 Å². The van der Waals surface area contributed by atoms with Gasteiger partial charge in [0.05, 0.1) is 18.0 Å². The van der Waals surface area contributed by atoms with Gasteiger partial charge in [-0.1, -0.05) is 29.9 Å². The summed E-state index contributed by atoms with van der Waals surface area (Å²) in [7, 11) is 0. The number of nitrogens with zero attached hydrogens (tertiary/aromatic N) is 4. The minimum Gasteiger partial charge on any atom is -0.478 e. The minimum absolute atomic E-state index is 0.308. The number of likely N-dealkylation sites (tertiary alicyclic amines) is 1. The molecule has 176 valence electrons. The maximum atomic E-state index is 11.2. The van der Waals surface area contributed by atoms with Crippen molar-refractivity contribution in [3.63, 3.8) is 0 Å². The average Bonchev–Trinajstić information content (AvgIpc) is 3.25. The lowest BCUT2D eigenvalue weighted by Gasteiger charge is -2.31. The van der Waals surface area contributed by atoms with E-state index in [1.807, 2.05) is 55.9 Å². The van der Waals surface area contributed by atoms with E-state index < -0.39 is 0 Å². The number of allylic oxidation sites excluding steroid dienone is 6. The maximum absolute atomic E-state index is 11.2. The molecule has 3 heterocycles. The number of amides is 1. The van der Waals surface area contributed by atoms with Crippen molar-refractivity contribution < 1.29 is 9.53 Å². The Balaban J connectivity index is 1.75. The number of aromatic nitrogens is 3. The molecule has 0 aromatic carbocycles. The summed E-state index contributed by atoms with van der Waals surface area (Å²) in [5, 5.41) is 7.72. The van der Waals surface area contributed by atoms with Crippen LogP contribution in [0.15, 0.2) is 54.3 Å². The van der Waals surface area contributed by atoms with Gasteiger partial charge in [-0.3, -0.25) is 9.69 Å². The quantitative estimate of drug-likeness (QED) is 0.408. The SMILES string of the molecule is C\C=C(C)/C=C\C(=C/C)n1nc(C2CCCN(Cc3ccc(OCC)nc3)C2)cc1NC=O. The molecule has 0 bridgehead atoms. The van der Waals surface area contributed by atoms with Gasteiger partial charge in [-0.05, 0) is 58.7 Å². The van der Waals surface area contributed by atoms with Crippen LogP contribution in [0.3, 0.4) is 0 Å². The van der Waals surface area contributed by atoms with Gasteiger partial charge in [0.1, 0.15) is 5.82 Å². The van der Waals surface area contributed by atoms with E-state index in [1.165, 1.54) is 11.1 Å². The number of hydrogen-bond acceptors (Lipinski definition) is 5. The first-order valence-corrected chi connectivity index (χ1v) is 11.7. The van der Waals surface area contributed by atoms with Gasteiger partial charge in [-0.25, -0.2) is 9.67 Å². The molecule has 1 aliphatic heterocycles. The van der Waals surface area contributed by atoms with E-state index in [0.717, 1.165) is 43.9 Å². The first-order chi connectivity index (χ1) is 16.1. The van der Waals surface area contributed by atoms with E-state index in [2.05, 4.69) is 40.3 Å². The average molecular weight is 450 g/mol. The van der Waals surface area contributed by atoms with Gasteiger partial charge >= 0.3 is 0 Å². The van der Waals surface area contributed by atoms with Crippen LogP contribution in [-0.4, -0.2) is 45.8 Å². The van der Waals surface area contributed by atoms with Gasteiger partial charge in [0.2, 0.25) is 12.3 Å². The summed E-state index contributed by atoms with van der Waals surface area (Å²) < 4.78 is 7.26. The van der Waals surface area contributed by atoms with Gasteiger partial charge in [0.15, 0.2) is 0 Å². The second kappa shape index (κ2) is 12.2. The highest BCUT2D eigenvalue weighted by atomic mass is 16.5. The third-order valence-corrected chi connectivity index (χ3v) is 5.87. The molecule has 1 saturated heterocycles. The number of pyridine rings is 1. The van der Waals surface area contributed by atoms with Crippen LogP contribution < -0.4 is 10.1 Å². The Morgan fingerprint density at radius 2 is 2.12 bits per heavy atom. The van der Waals surface area contributed by atoms with Gasteiger partial charge in [0.25, 0.3) is 0 Å². The van der Waals surface area contributed by atoms with E-state index in [9.17, 15) is 4.79 Å². The second-order valence-corrected chi connectivity index (χ2v) is 8.22. The van der Waals surface area contributed by atoms with Crippen molar-refractivity contribution in [3.8, 4) is 5.88 Å². The normalized spacial score (nSPS) is 18.0. The van der Waals surface area contributed by atoms with E-state index >= 15 is 0 Å². The smallest absolute Gasteiger partial charge is 0.213 e. The molecule has 2 aromatic rings. The lowest BCUT2D eigenvalue weighted by Crippen LogP contribution is -2.34. The molecule has 0 spiro atoms. The number of carbonyl (C=O) groups is 1. The van der Waals surface area contributed by atoms with Gasteiger partial charge in [-0.2, -0.15) is 5.10 Å². The molecule has 2 aromatic heterocycles. The summed E-state index contributed by atoms with van der Waals surface area (Å²) >= 11 is 0. The Labute approximate surface area is 196 Å². The molecule has 1 unspecified atom stereocenters. The van der Waals surface area contributed by atoms with Crippen LogP contribution in [0.1, 0.15) is 57.7 Å². The number of piperidine rings is 1. The van der Waals surface area contributed by atoms with Gasteiger partial charge < -0.3 is 10.1 Å². The maximum Gasteiger partial charge on any atom is 0.213 e. The van der Waals surface area contributed by atoms with Crippen LogP contribution >= 0.6 is 0 Å². The molecule has 3 rings (SSSR count). The van der Waals surface area contributed by atoms with Crippen LogP contribution in [0.25, 0.3) is 5.70 Å². The molecule has 1 amide bonds. The lowest BCUT2D eigenvalue weighted by molar-refractivity contribution is -0.105. The molecule has 7 nitrogen and oxygen atoms in total. The zero-order valence-corrected chi connectivity index (χ0v) is 20.1. The molecule has 33 heavy (non-hydrogen) atoms. The van der Waals surface area contributed by atoms with E-state index in [1.54, 1.807) is 0 Å². The van der Waals surface area contributed by atoms with Crippen molar-refractivity contribution in [2.24, 2.45) is 0 Å². The van der Waals surface area contributed by atoms with Crippen molar-refractivity contribution >= 4 is 17.9 Å². The first kappa shape index (κ1) is 24.5. The number of carbonyl (C=O) groups excluding carboxylic acids is 1. The van der Waals surface area contributed by atoms with E-state index in [-0.39, 0.29) is 0 Å². The highest BCUT2D eigenvalue weighted by Gasteiger charge is 2.25. The molecular formula is C26H35N5O2. The summed E-state index contributed by atoms with van der Waals surface area (Å²) in [6.07, 6.45) is 12.9. The molecule has 0 radical (unpaired) electrons. The molecule has 0 saturated carbocycles. The predicted octanol–water partition coefficient (Wildman–Crippen LogP) is 5.01. The van der Waals surface area contributed by atoms with Crippen molar-refractivity contribution in [1.82, 2.24) is 19.7 Å². The van der Waals surface area contributed by atoms with Crippen molar-refractivity contribution in [3.05, 3.63) is 65.5 Å².